The Bertz CT molecular complexity index is 692. The maximum atomic E-state index is 12.5. The summed E-state index contributed by atoms with van der Waals surface area (Å²) in [7, 11) is -4.26. The third-order valence-electron chi connectivity index (χ3n) is 7.68. The van der Waals surface area contributed by atoms with Crippen molar-refractivity contribution in [3.05, 3.63) is 12.2 Å². The lowest BCUT2D eigenvalue weighted by Gasteiger charge is -2.20. The van der Waals surface area contributed by atoms with Crippen molar-refractivity contribution in [2.75, 3.05) is 33.0 Å². The van der Waals surface area contributed by atoms with E-state index in [1.807, 2.05) is 0 Å². The molecule has 0 aromatic carbocycles. The number of unbranched alkanes of at least 4 members (excludes halogenated alkanes) is 20. The number of hydrogen-bond donors (Lipinski definition) is 2. The van der Waals surface area contributed by atoms with Gasteiger partial charge in [-0.15, -0.1) is 0 Å². The molecule has 0 spiro atoms. The summed E-state index contributed by atoms with van der Waals surface area (Å²) in [4.78, 5) is 22.3. The summed E-state index contributed by atoms with van der Waals surface area (Å²) in [6, 6.07) is 0. The zero-order chi connectivity index (χ0) is 32.4. The third-order valence-corrected chi connectivity index (χ3v) is 8.67. The van der Waals surface area contributed by atoms with Gasteiger partial charge in [-0.25, -0.2) is 4.57 Å². The Hall–Kier alpha value is -0.760. The Morgan fingerprint density at radius 2 is 1.14 bits per heavy atom. The first kappa shape index (κ1) is 43.2. The molecule has 0 radical (unpaired) electrons. The zero-order valence-corrected chi connectivity index (χ0v) is 29.6. The van der Waals surface area contributed by atoms with Crippen LogP contribution in [0.15, 0.2) is 12.2 Å². The topological polar surface area (TPSA) is 117 Å². The van der Waals surface area contributed by atoms with Crippen molar-refractivity contribution in [2.45, 2.75) is 174 Å². The van der Waals surface area contributed by atoms with E-state index in [1.165, 1.54) is 116 Å². The molecule has 0 heterocycles. The predicted molar refractivity (Wildman–Crippen MR) is 183 cm³/mol. The molecule has 2 unspecified atom stereocenters. The average molecular weight is 648 g/mol. The first-order valence-corrected chi connectivity index (χ1v) is 19.7. The summed E-state index contributed by atoms with van der Waals surface area (Å²) in [5, 5.41) is 0. The van der Waals surface area contributed by atoms with Gasteiger partial charge in [0.15, 0.2) is 0 Å². The van der Waals surface area contributed by atoms with Crippen LogP contribution in [-0.4, -0.2) is 49.9 Å². The summed E-state index contributed by atoms with van der Waals surface area (Å²) >= 11 is 0. The van der Waals surface area contributed by atoms with Crippen molar-refractivity contribution in [1.29, 1.82) is 0 Å². The zero-order valence-electron chi connectivity index (χ0n) is 28.7. The summed E-state index contributed by atoms with van der Waals surface area (Å²) in [5.41, 5.74) is 5.34. The molecule has 0 aliphatic rings. The van der Waals surface area contributed by atoms with Gasteiger partial charge in [0, 0.05) is 19.6 Å². The SMILES string of the molecule is CCCCCCCC/C=C\CCCCCCCCCC(=O)OC(COCCCCCCCCCC)COP(=O)(O)OCCN. The second kappa shape index (κ2) is 33.6. The summed E-state index contributed by atoms with van der Waals surface area (Å²) < 4.78 is 33.1. The second-order valence-electron chi connectivity index (χ2n) is 12.1. The van der Waals surface area contributed by atoms with E-state index in [-0.39, 0.29) is 32.3 Å². The molecule has 0 rings (SSSR count). The number of esters is 1. The molecule has 2 atom stereocenters. The van der Waals surface area contributed by atoms with Crippen LogP contribution >= 0.6 is 7.82 Å². The quantitative estimate of drug-likeness (QED) is 0.0302. The van der Waals surface area contributed by atoms with E-state index in [0.29, 0.717) is 13.0 Å². The minimum atomic E-state index is -4.26. The number of carbonyl (C=O) groups excluding carboxylic acids is 1. The Morgan fingerprint density at radius 3 is 1.66 bits per heavy atom. The van der Waals surface area contributed by atoms with Gasteiger partial charge in [-0.1, -0.05) is 135 Å². The van der Waals surface area contributed by atoms with Gasteiger partial charge in [-0.3, -0.25) is 13.8 Å². The highest BCUT2D eigenvalue weighted by Crippen LogP contribution is 2.43. The fraction of sp³-hybridized carbons (Fsp3) is 0.914. The van der Waals surface area contributed by atoms with Gasteiger partial charge in [-0.2, -0.15) is 0 Å². The molecule has 0 aliphatic heterocycles. The van der Waals surface area contributed by atoms with Gasteiger partial charge in [0.25, 0.3) is 0 Å². The molecule has 0 saturated carbocycles. The molecule has 9 heteroatoms. The molecule has 0 aliphatic carbocycles. The number of allylic oxidation sites excluding steroid dienone is 2. The average Bonchev–Trinajstić information content (AvgIpc) is 3.01. The maximum Gasteiger partial charge on any atom is 0.472 e. The lowest BCUT2D eigenvalue weighted by atomic mass is 10.1. The van der Waals surface area contributed by atoms with Crippen LogP contribution in [-0.2, 0) is 27.9 Å². The molecule has 0 aromatic heterocycles. The fourth-order valence-corrected chi connectivity index (χ4v) is 5.76. The van der Waals surface area contributed by atoms with Crippen LogP contribution in [0.4, 0.5) is 0 Å². The number of phosphoric acid groups is 1. The van der Waals surface area contributed by atoms with E-state index in [9.17, 15) is 14.3 Å². The van der Waals surface area contributed by atoms with Crippen LogP contribution < -0.4 is 5.73 Å². The molecule has 0 amide bonds. The normalized spacial score (nSPS) is 13.8. The minimum absolute atomic E-state index is 0.0937. The summed E-state index contributed by atoms with van der Waals surface area (Å²) in [6.07, 6.45) is 32.2. The molecule has 0 aromatic rings. The van der Waals surface area contributed by atoms with Crippen molar-refractivity contribution >= 4 is 13.8 Å². The van der Waals surface area contributed by atoms with Gasteiger partial charge in [-0.05, 0) is 38.5 Å². The predicted octanol–water partition coefficient (Wildman–Crippen LogP) is 9.97. The largest absolute Gasteiger partial charge is 0.472 e. The van der Waals surface area contributed by atoms with E-state index in [0.717, 1.165) is 32.1 Å². The highest BCUT2D eigenvalue weighted by atomic mass is 31.2. The number of nitrogens with two attached hydrogens (primary N) is 1. The fourth-order valence-electron chi connectivity index (χ4n) is 4.99. The van der Waals surface area contributed by atoms with Crippen molar-refractivity contribution < 1.29 is 32.8 Å². The van der Waals surface area contributed by atoms with Crippen LogP contribution in [0.25, 0.3) is 0 Å². The van der Waals surface area contributed by atoms with Gasteiger partial charge < -0.3 is 20.1 Å². The van der Waals surface area contributed by atoms with E-state index < -0.39 is 13.9 Å². The van der Waals surface area contributed by atoms with E-state index in [1.54, 1.807) is 0 Å². The maximum absolute atomic E-state index is 12.5. The highest BCUT2D eigenvalue weighted by molar-refractivity contribution is 7.47. The molecule has 0 saturated heterocycles. The molecule has 262 valence electrons. The highest BCUT2D eigenvalue weighted by Gasteiger charge is 2.25. The Kier molecular flexibility index (Phi) is 33.0. The molecular formula is C35H70NO7P. The van der Waals surface area contributed by atoms with E-state index >= 15 is 0 Å². The molecule has 0 fully saturated rings. The number of carbonyl (C=O) groups is 1. The molecule has 8 nitrogen and oxygen atoms in total. The van der Waals surface area contributed by atoms with Crippen molar-refractivity contribution in [3.8, 4) is 0 Å². The van der Waals surface area contributed by atoms with E-state index in [2.05, 4.69) is 26.0 Å². The molecule has 44 heavy (non-hydrogen) atoms. The van der Waals surface area contributed by atoms with Gasteiger partial charge in [0.05, 0.1) is 19.8 Å². The minimum Gasteiger partial charge on any atom is -0.457 e. The summed E-state index contributed by atoms with van der Waals surface area (Å²) in [5.74, 6) is -0.335. The lowest BCUT2D eigenvalue weighted by molar-refractivity contribution is -0.154. The smallest absolute Gasteiger partial charge is 0.457 e. The monoisotopic (exact) mass is 647 g/mol. The molecular weight excluding hydrogens is 577 g/mol. The van der Waals surface area contributed by atoms with Crippen LogP contribution in [0.2, 0.25) is 0 Å². The second-order valence-corrected chi connectivity index (χ2v) is 13.5. The van der Waals surface area contributed by atoms with Gasteiger partial charge in [0.2, 0.25) is 0 Å². The third kappa shape index (κ3) is 32.6. The Balaban J connectivity index is 4.03. The Labute approximate surface area is 271 Å². The first-order chi connectivity index (χ1) is 21.4. The van der Waals surface area contributed by atoms with Crippen LogP contribution in [0.5, 0.6) is 0 Å². The number of phosphoric ester groups is 1. The van der Waals surface area contributed by atoms with Gasteiger partial charge in [0.1, 0.15) is 6.10 Å². The number of ether oxygens (including phenoxy) is 2. The molecule has 0 bridgehead atoms. The van der Waals surface area contributed by atoms with Crippen molar-refractivity contribution in [3.63, 3.8) is 0 Å². The standard InChI is InChI=1S/C35H70NO7P/c1-3-5-7-9-11-13-14-15-16-17-18-19-20-21-22-24-26-28-35(37)43-34(33-42-44(38,39)41-31-29-36)32-40-30-27-25-23-12-10-8-6-4-2/h15-16,34H,3-14,17-33,36H2,1-2H3,(H,38,39)/b16-15-. The molecule has 3 N–H and O–H groups in total. The number of rotatable bonds is 35. The Morgan fingerprint density at radius 1 is 0.659 bits per heavy atom. The van der Waals surface area contributed by atoms with Crippen LogP contribution in [0.1, 0.15) is 168 Å². The van der Waals surface area contributed by atoms with Crippen molar-refractivity contribution in [2.24, 2.45) is 5.73 Å². The first-order valence-electron chi connectivity index (χ1n) is 18.2. The lowest BCUT2D eigenvalue weighted by Crippen LogP contribution is -2.28. The summed E-state index contributed by atoms with van der Waals surface area (Å²) in [6.45, 7) is 4.90. The van der Waals surface area contributed by atoms with Crippen LogP contribution in [0.3, 0.4) is 0 Å². The van der Waals surface area contributed by atoms with Gasteiger partial charge >= 0.3 is 13.8 Å². The van der Waals surface area contributed by atoms with Crippen molar-refractivity contribution in [1.82, 2.24) is 0 Å². The van der Waals surface area contributed by atoms with E-state index in [4.69, 9.17) is 24.3 Å². The number of hydrogen-bond acceptors (Lipinski definition) is 7. The van der Waals surface area contributed by atoms with Crippen LogP contribution in [0, 0.1) is 0 Å².